The molecule has 1 amide bonds. The van der Waals surface area contributed by atoms with E-state index >= 15 is 0 Å². The van der Waals surface area contributed by atoms with Crippen molar-refractivity contribution in [3.8, 4) is 0 Å². The zero-order valence-electron chi connectivity index (χ0n) is 11.1. The summed E-state index contributed by atoms with van der Waals surface area (Å²) in [6.07, 6.45) is 2.13. The molecule has 0 atom stereocenters. The quantitative estimate of drug-likeness (QED) is 0.691. The average molecular weight is 242 g/mol. The number of carbonyl (C=O) groups is 2. The maximum absolute atomic E-state index is 11.7. The van der Waals surface area contributed by atoms with E-state index in [0.717, 1.165) is 12.8 Å². The SMILES string of the molecule is CCOC(=O)C(C)(C)N(C)CC(=O)NC1CC1. The summed E-state index contributed by atoms with van der Waals surface area (Å²) in [5.41, 5.74) is -0.781. The van der Waals surface area contributed by atoms with E-state index < -0.39 is 5.54 Å². The first-order chi connectivity index (χ1) is 7.87. The molecule has 1 saturated carbocycles. The monoisotopic (exact) mass is 242 g/mol. The smallest absolute Gasteiger partial charge is 0.325 e. The molecule has 1 rings (SSSR count). The third-order valence-electron chi connectivity index (χ3n) is 3.05. The number of carbonyl (C=O) groups excluding carboxylic acids is 2. The van der Waals surface area contributed by atoms with Gasteiger partial charge in [-0.3, -0.25) is 14.5 Å². The molecule has 1 N–H and O–H groups in total. The number of hydrogen-bond donors (Lipinski definition) is 1. The fourth-order valence-electron chi connectivity index (χ4n) is 1.38. The molecule has 0 aromatic rings. The van der Waals surface area contributed by atoms with Crippen LogP contribution in [0.5, 0.6) is 0 Å². The van der Waals surface area contributed by atoms with Crippen molar-refractivity contribution in [2.24, 2.45) is 0 Å². The van der Waals surface area contributed by atoms with Crippen LogP contribution in [0.15, 0.2) is 0 Å². The Labute approximate surface area is 102 Å². The summed E-state index contributed by atoms with van der Waals surface area (Å²) < 4.78 is 4.99. The van der Waals surface area contributed by atoms with Crippen molar-refractivity contribution in [2.75, 3.05) is 20.2 Å². The summed E-state index contributed by atoms with van der Waals surface area (Å²) >= 11 is 0. The first-order valence-corrected chi connectivity index (χ1v) is 6.05. The van der Waals surface area contributed by atoms with E-state index in [0.29, 0.717) is 12.6 Å². The lowest BCUT2D eigenvalue weighted by Gasteiger charge is -2.32. The Kier molecular flexibility index (Phi) is 4.51. The van der Waals surface area contributed by atoms with E-state index in [4.69, 9.17) is 4.74 Å². The van der Waals surface area contributed by atoms with E-state index in [1.54, 1.807) is 32.7 Å². The predicted molar refractivity (Wildman–Crippen MR) is 64.5 cm³/mol. The minimum Gasteiger partial charge on any atom is -0.465 e. The number of nitrogens with zero attached hydrogens (tertiary/aromatic N) is 1. The second-order valence-electron chi connectivity index (χ2n) is 4.98. The van der Waals surface area contributed by atoms with Crippen molar-refractivity contribution in [1.29, 1.82) is 0 Å². The van der Waals surface area contributed by atoms with Gasteiger partial charge in [0.25, 0.3) is 0 Å². The summed E-state index contributed by atoms with van der Waals surface area (Å²) in [7, 11) is 1.75. The van der Waals surface area contributed by atoms with Crippen molar-refractivity contribution < 1.29 is 14.3 Å². The van der Waals surface area contributed by atoms with Gasteiger partial charge in [0, 0.05) is 6.04 Å². The maximum atomic E-state index is 11.7. The first-order valence-electron chi connectivity index (χ1n) is 6.05. The number of amides is 1. The van der Waals surface area contributed by atoms with E-state index in [9.17, 15) is 9.59 Å². The lowest BCUT2D eigenvalue weighted by atomic mass is 10.0. The molecule has 0 spiro atoms. The normalized spacial score (nSPS) is 15.8. The maximum Gasteiger partial charge on any atom is 0.325 e. The largest absolute Gasteiger partial charge is 0.465 e. The highest BCUT2D eigenvalue weighted by molar-refractivity contribution is 5.82. The number of nitrogens with one attached hydrogen (secondary N) is 1. The highest BCUT2D eigenvalue weighted by Crippen LogP contribution is 2.19. The number of ether oxygens (including phenoxy) is 1. The third-order valence-corrected chi connectivity index (χ3v) is 3.05. The van der Waals surface area contributed by atoms with Crippen LogP contribution in [0.25, 0.3) is 0 Å². The molecule has 0 aromatic heterocycles. The van der Waals surface area contributed by atoms with Gasteiger partial charge in [0.05, 0.1) is 13.2 Å². The second kappa shape index (κ2) is 5.49. The highest BCUT2D eigenvalue weighted by atomic mass is 16.5. The number of hydrogen-bond acceptors (Lipinski definition) is 4. The van der Waals surface area contributed by atoms with Crippen molar-refractivity contribution in [3.63, 3.8) is 0 Å². The predicted octanol–water partition coefficient (Wildman–Crippen LogP) is 0.539. The van der Waals surface area contributed by atoms with Crippen LogP contribution in [-0.4, -0.2) is 48.6 Å². The fraction of sp³-hybridized carbons (Fsp3) is 0.833. The Morgan fingerprint density at radius 3 is 2.47 bits per heavy atom. The molecule has 1 aliphatic carbocycles. The molecule has 5 heteroatoms. The fourth-order valence-corrected chi connectivity index (χ4v) is 1.38. The molecule has 98 valence electrons. The Morgan fingerprint density at radius 1 is 1.41 bits per heavy atom. The first kappa shape index (κ1) is 14.0. The number of esters is 1. The minimum atomic E-state index is -0.781. The van der Waals surface area contributed by atoms with Gasteiger partial charge in [-0.1, -0.05) is 0 Å². The van der Waals surface area contributed by atoms with E-state index in [1.165, 1.54) is 0 Å². The molecular formula is C12H22N2O3. The summed E-state index contributed by atoms with van der Waals surface area (Å²) in [5.74, 6) is -0.339. The summed E-state index contributed by atoms with van der Waals surface area (Å²) in [6.45, 7) is 5.85. The Hall–Kier alpha value is -1.10. The molecule has 0 aromatic carbocycles. The van der Waals surface area contributed by atoms with Crippen LogP contribution in [0.3, 0.4) is 0 Å². The van der Waals surface area contributed by atoms with Crippen molar-refractivity contribution >= 4 is 11.9 Å². The molecule has 1 aliphatic rings. The van der Waals surface area contributed by atoms with E-state index in [1.807, 2.05) is 0 Å². The zero-order valence-corrected chi connectivity index (χ0v) is 11.1. The minimum absolute atomic E-state index is 0.0348. The number of likely N-dealkylation sites (N-methyl/N-ethyl adjacent to an activating group) is 1. The molecular weight excluding hydrogens is 220 g/mol. The van der Waals surface area contributed by atoms with Gasteiger partial charge in [0.15, 0.2) is 0 Å². The molecule has 5 nitrogen and oxygen atoms in total. The van der Waals surface area contributed by atoms with Gasteiger partial charge in [-0.25, -0.2) is 0 Å². The molecule has 17 heavy (non-hydrogen) atoms. The van der Waals surface area contributed by atoms with Crippen LogP contribution in [0.1, 0.15) is 33.6 Å². The van der Waals surface area contributed by atoms with Crippen molar-refractivity contribution in [2.45, 2.75) is 45.2 Å². The Balaban J connectivity index is 2.45. The molecule has 0 radical (unpaired) electrons. The van der Waals surface area contributed by atoms with Crippen LogP contribution in [0.4, 0.5) is 0 Å². The van der Waals surface area contributed by atoms with Crippen molar-refractivity contribution in [1.82, 2.24) is 10.2 Å². The number of rotatable bonds is 6. The summed E-state index contributed by atoms with van der Waals surface area (Å²) in [4.78, 5) is 25.1. The van der Waals surface area contributed by atoms with Crippen LogP contribution >= 0.6 is 0 Å². The van der Waals surface area contributed by atoms with Gasteiger partial charge in [0.2, 0.25) is 5.91 Å². The lowest BCUT2D eigenvalue weighted by Crippen LogP contribution is -2.52. The molecule has 0 heterocycles. The Bertz CT molecular complexity index is 298. The molecule has 0 unspecified atom stereocenters. The van der Waals surface area contributed by atoms with Gasteiger partial charge in [0.1, 0.15) is 5.54 Å². The van der Waals surface area contributed by atoms with Gasteiger partial charge < -0.3 is 10.1 Å². The molecule has 0 bridgehead atoms. The van der Waals surface area contributed by atoms with Crippen LogP contribution in [0, 0.1) is 0 Å². The third kappa shape index (κ3) is 4.00. The molecule has 1 fully saturated rings. The molecule has 0 saturated heterocycles. The second-order valence-corrected chi connectivity index (χ2v) is 4.98. The van der Waals surface area contributed by atoms with Crippen LogP contribution < -0.4 is 5.32 Å². The highest BCUT2D eigenvalue weighted by Gasteiger charge is 2.35. The topological polar surface area (TPSA) is 58.6 Å². The van der Waals surface area contributed by atoms with Gasteiger partial charge in [-0.2, -0.15) is 0 Å². The molecule has 0 aliphatic heterocycles. The van der Waals surface area contributed by atoms with Gasteiger partial charge in [-0.05, 0) is 40.7 Å². The lowest BCUT2D eigenvalue weighted by molar-refractivity contribution is -0.155. The summed E-state index contributed by atoms with van der Waals surface area (Å²) in [5, 5.41) is 2.90. The van der Waals surface area contributed by atoms with Crippen LogP contribution in [0.2, 0.25) is 0 Å². The summed E-state index contributed by atoms with van der Waals surface area (Å²) in [6, 6.07) is 0.349. The van der Waals surface area contributed by atoms with Crippen LogP contribution in [-0.2, 0) is 14.3 Å². The Morgan fingerprint density at radius 2 is 2.00 bits per heavy atom. The van der Waals surface area contributed by atoms with Gasteiger partial charge >= 0.3 is 5.97 Å². The van der Waals surface area contributed by atoms with Gasteiger partial charge in [-0.15, -0.1) is 0 Å². The zero-order chi connectivity index (χ0) is 13.1. The van der Waals surface area contributed by atoms with E-state index in [2.05, 4.69) is 5.32 Å². The van der Waals surface area contributed by atoms with E-state index in [-0.39, 0.29) is 18.4 Å². The average Bonchev–Trinajstić information content (AvgIpc) is 3.01. The van der Waals surface area contributed by atoms with Crippen molar-refractivity contribution in [3.05, 3.63) is 0 Å². The standard InChI is InChI=1S/C12H22N2O3/c1-5-17-11(16)12(2,3)14(4)8-10(15)13-9-6-7-9/h9H,5-8H2,1-4H3,(H,13,15).